The Morgan fingerprint density at radius 2 is 1.72 bits per heavy atom. The van der Waals surface area contributed by atoms with Gasteiger partial charge in [-0.25, -0.2) is 23.5 Å². The van der Waals surface area contributed by atoms with E-state index >= 15 is 0 Å². The molecule has 2 unspecified atom stereocenters. The first kappa shape index (κ1) is 31.7. The maximum absolute atomic E-state index is 13.8. The van der Waals surface area contributed by atoms with Crippen molar-refractivity contribution in [3.8, 4) is 17.1 Å². The van der Waals surface area contributed by atoms with Crippen LogP contribution in [-0.2, 0) is 28.8 Å². The summed E-state index contributed by atoms with van der Waals surface area (Å²) in [6, 6.07) is 7.25. The molecule has 4 aromatic rings. The van der Waals surface area contributed by atoms with Crippen LogP contribution in [0.15, 0.2) is 47.3 Å². The number of ether oxygens (including phenoxy) is 1. The van der Waals surface area contributed by atoms with Crippen LogP contribution < -0.4 is 5.69 Å². The molecule has 0 amide bonds. The van der Waals surface area contributed by atoms with Gasteiger partial charge in [0, 0.05) is 17.5 Å². The second kappa shape index (κ2) is 11.8. The molecular formula is C25H20ClF7N6O4. The van der Waals surface area contributed by atoms with E-state index in [0.717, 1.165) is 19.1 Å². The maximum Gasteiger partial charge on any atom is 0.418 e. The number of benzene rings is 2. The van der Waals surface area contributed by atoms with E-state index in [1.807, 2.05) is 0 Å². The van der Waals surface area contributed by atoms with Crippen LogP contribution in [0.1, 0.15) is 37.2 Å². The Labute approximate surface area is 241 Å². The third-order valence-corrected chi connectivity index (χ3v) is 6.18. The first-order valence-electron chi connectivity index (χ1n) is 12.1. The zero-order chi connectivity index (χ0) is 31.9. The number of halogens is 8. The highest BCUT2D eigenvalue weighted by atomic mass is 35.5. The Morgan fingerprint density at radius 1 is 1.07 bits per heavy atom. The van der Waals surface area contributed by atoms with E-state index in [9.17, 15) is 45.4 Å². The molecule has 0 aliphatic rings. The third-order valence-electron chi connectivity index (χ3n) is 5.92. The van der Waals surface area contributed by atoms with E-state index in [-0.39, 0.29) is 34.1 Å². The lowest BCUT2D eigenvalue weighted by atomic mass is 10.1. The normalized spacial score (nSPS) is 13.7. The minimum absolute atomic E-state index is 0.151. The smallest absolute Gasteiger partial charge is 0.418 e. The molecule has 2 aromatic heterocycles. The van der Waals surface area contributed by atoms with Gasteiger partial charge in [-0.3, -0.25) is 9.36 Å². The molecule has 0 spiro atoms. The summed E-state index contributed by atoms with van der Waals surface area (Å²) in [5, 5.41) is 18.0. The molecule has 0 radical (unpaired) electrons. The molecule has 2 aromatic carbocycles. The van der Waals surface area contributed by atoms with Crippen molar-refractivity contribution in [2.75, 3.05) is 0 Å². The van der Waals surface area contributed by atoms with Gasteiger partial charge in [0.2, 0.25) is 0 Å². The lowest BCUT2D eigenvalue weighted by Crippen LogP contribution is -2.37. The molecule has 0 saturated heterocycles. The monoisotopic (exact) mass is 636 g/mol. The quantitative estimate of drug-likeness (QED) is 0.220. The van der Waals surface area contributed by atoms with Crippen LogP contribution >= 0.6 is 11.6 Å². The number of aromatic nitrogens is 6. The number of hydrogen-bond donors (Lipinski definition) is 1. The summed E-state index contributed by atoms with van der Waals surface area (Å²) in [5.74, 6) is -3.02. The predicted molar refractivity (Wildman–Crippen MR) is 135 cm³/mol. The van der Waals surface area contributed by atoms with Crippen LogP contribution in [0.25, 0.3) is 17.1 Å². The molecule has 10 nitrogen and oxygen atoms in total. The average Bonchev–Trinajstić information content (AvgIpc) is 3.45. The highest BCUT2D eigenvalue weighted by Gasteiger charge is 2.40. The van der Waals surface area contributed by atoms with Crippen LogP contribution in [0.4, 0.5) is 30.7 Å². The third kappa shape index (κ3) is 7.05. The van der Waals surface area contributed by atoms with Gasteiger partial charge in [0.15, 0.2) is 29.7 Å². The highest BCUT2D eigenvalue weighted by molar-refractivity contribution is 6.30. The standard InChI is InChI=1S/C25H20ClF7N6O4/c1-12(43-13(2)40)21-34-20(35-39(21)18-8-7-16(27)9-17(18)24(28,29)30)11-38-23(42)37(10-19(41)25(31,32)33)22(36-38)14-3-5-15(26)6-4-14/h3-9,12,19,41H,10-11H2,1-2H3. The Hall–Kier alpha value is -4.25. The van der Waals surface area contributed by atoms with Crippen LogP contribution in [0, 0.1) is 5.82 Å². The minimum Gasteiger partial charge on any atom is -0.455 e. The Balaban J connectivity index is 1.85. The van der Waals surface area contributed by atoms with E-state index in [2.05, 4.69) is 15.2 Å². The second-order valence-corrected chi connectivity index (χ2v) is 9.58. The molecule has 230 valence electrons. The molecule has 0 bridgehead atoms. The topological polar surface area (TPSA) is 117 Å². The number of hydrogen-bond acceptors (Lipinski definition) is 7. The van der Waals surface area contributed by atoms with Crippen molar-refractivity contribution in [2.45, 2.75) is 51.5 Å². The molecule has 4 rings (SSSR count). The summed E-state index contributed by atoms with van der Waals surface area (Å²) in [5.41, 5.74) is -3.11. The Morgan fingerprint density at radius 3 is 2.30 bits per heavy atom. The number of nitrogens with zero attached hydrogens (tertiary/aromatic N) is 6. The van der Waals surface area contributed by atoms with Crippen LogP contribution in [-0.4, -0.2) is 52.5 Å². The number of carbonyl (C=O) groups excluding carboxylic acids is 1. The number of esters is 1. The van der Waals surface area contributed by atoms with Crippen LogP contribution in [0.2, 0.25) is 5.02 Å². The molecule has 43 heavy (non-hydrogen) atoms. The van der Waals surface area contributed by atoms with E-state index in [4.69, 9.17) is 16.3 Å². The van der Waals surface area contributed by atoms with Crippen molar-refractivity contribution < 1.29 is 45.4 Å². The number of aliphatic hydroxyl groups is 1. The Kier molecular flexibility index (Phi) is 8.69. The SMILES string of the molecule is CC(=O)OC(C)c1nc(Cn2nc(-c3ccc(Cl)cc3)n(CC(O)C(F)(F)F)c2=O)nn1-c1ccc(F)cc1C(F)(F)F. The van der Waals surface area contributed by atoms with E-state index in [1.54, 1.807) is 0 Å². The van der Waals surface area contributed by atoms with Gasteiger partial charge in [-0.05, 0) is 49.4 Å². The van der Waals surface area contributed by atoms with E-state index in [0.29, 0.717) is 13.9 Å². The van der Waals surface area contributed by atoms with E-state index in [1.165, 1.54) is 31.2 Å². The molecule has 0 aliphatic heterocycles. The zero-order valence-corrected chi connectivity index (χ0v) is 22.7. The van der Waals surface area contributed by atoms with Gasteiger partial charge in [0.1, 0.15) is 12.4 Å². The molecule has 0 aliphatic carbocycles. The van der Waals surface area contributed by atoms with Crippen molar-refractivity contribution in [2.24, 2.45) is 0 Å². The summed E-state index contributed by atoms with van der Waals surface area (Å²) >= 11 is 5.88. The summed E-state index contributed by atoms with van der Waals surface area (Å²) in [6.45, 7) is 0.406. The average molecular weight is 637 g/mol. The van der Waals surface area contributed by atoms with Gasteiger partial charge < -0.3 is 9.84 Å². The molecular weight excluding hydrogens is 617 g/mol. The number of rotatable bonds is 8. The fourth-order valence-electron chi connectivity index (χ4n) is 4.03. The highest BCUT2D eigenvalue weighted by Crippen LogP contribution is 2.35. The van der Waals surface area contributed by atoms with Crippen molar-refractivity contribution in [1.29, 1.82) is 0 Å². The van der Waals surface area contributed by atoms with Gasteiger partial charge in [-0.15, -0.1) is 10.2 Å². The Bertz CT molecular complexity index is 1700. The number of aliphatic hydroxyl groups excluding tert-OH is 1. The molecule has 2 heterocycles. The largest absolute Gasteiger partial charge is 0.455 e. The summed E-state index contributed by atoms with van der Waals surface area (Å²) < 4.78 is 102. The lowest BCUT2D eigenvalue weighted by Gasteiger charge is -2.16. The van der Waals surface area contributed by atoms with Crippen LogP contribution in [0.5, 0.6) is 0 Å². The first-order chi connectivity index (χ1) is 20.0. The lowest BCUT2D eigenvalue weighted by molar-refractivity contribution is -0.207. The zero-order valence-electron chi connectivity index (χ0n) is 22.0. The minimum atomic E-state index is -5.08. The van der Waals surface area contributed by atoms with Crippen molar-refractivity contribution >= 4 is 17.6 Å². The summed E-state index contributed by atoms with van der Waals surface area (Å²) in [4.78, 5) is 28.9. The fourth-order valence-corrected chi connectivity index (χ4v) is 4.16. The van der Waals surface area contributed by atoms with Gasteiger partial charge >= 0.3 is 24.0 Å². The van der Waals surface area contributed by atoms with Crippen molar-refractivity contribution in [1.82, 2.24) is 29.1 Å². The first-order valence-corrected chi connectivity index (χ1v) is 12.5. The number of carbonyl (C=O) groups is 1. The molecule has 1 N–H and O–H groups in total. The van der Waals surface area contributed by atoms with Crippen LogP contribution in [0.3, 0.4) is 0 Å². The summed E-state index contributed by atoms with van der Waals surface area (Å²) in [6.07, 6.45) is -14.4. The number of alkyl halides is 6. The molecule has 2 atom stereocenters. The summed E-state index contributed by atoms with van der Waals surface area (Å²) in [7, 11) is 0. The van der Waals surface area contributed by atoms with Gasteiger partial charge in [0.25, 0.3) is 0 Å². The molecule has 18 heteroatoms. The predicted octanol–water partition coefficient (Wildman–Crippen LogP) is 4.70. The van der Waals surface area contributed by atoms with Gasteiger partial charge in [0.05, 0.1) is 17.8 Å². The maximum atomic E-state index is 13.8. The van der Waals surface area contributed by atoms with Gasteiger partial charge in [-0.1, -0.05) is 11.6 Å². The van der Waals surface area contributed by atoms with Gasteiger partial charge in [-0.2, -0.15) is 26.3 Å². The van der Waals surface area contributed by atoms with E-state index < -0.39 is 66.4 Å². The second-order valence-electron chi connectivity index (χ2n) is 9.15. The fraction of sp³-hybridized carbons (Fsp3) is 0.320. The van der Waals surface area contributed by atoms with Crippen molar-refractivity contribution in [3.63, 3.8) is 0 Å². The molecule has 0 fully saturated rings. The van der Waals surface area contributed by atoms with Crippen molar-refractivity contribution in [3.05, 3.63) is 81.0 Å². The molecule has 0 saturated carbocycles.